The summed E-state index contributed by atoms with van der Waals surface area (Å²) >= 11 is 6.82. The van der Waals surface area contributed by atoms with Crippen LogP contribution in [-0.2, 0) is 53.3 Å². The van der Waals surface area contributed by atoms with Crippen LogP contribution in [0.5, 0.6) is 0 Å². The van der Waals surface area contributed by atoms with E-state index in [9.17, 15) is 28.2 Å². The maximum atomic E-state index is 13.7. The van der Waals surface area contributed by atoms with E-state index in [1.165, 1.54) is 5.38 Å². The van der Waals surface area contributed by atoms with Gasteiger partial charge in [-0.05, 0) is 44.5 Å². The topological polar surface area (TPSA) is 201 Å². The monoisotopic (exact) mass is 755 g/mol. The van der Waals surface area contributed by atoms with Crippen molar-refractivity contribution in [3.8, 4) is 0 Å². The fraction of sp³-hybridized carbons (Fsp3) is 0.593. The number of oxime groups is 1. The molecule has 2 aliphatic heterocycles. The first-order chi connectivity index (χ1) is 22.6. The number of carbonyl (C=O) groups excluding carboxylic acids is 5. The number of aromatic nitrogens is 1. The molecular weight excluding hydrogens is 720 g/mol. The Bertz CT molecular complexity index is 1580. The Morgan fingerprint density at radius 3 is 2.39 bits per heavy atom. The highest BCUT2D eigenvalue weighted by atomic mass is 35.5. The van der Waals surface area contributed by atoms with Crippen molar-refractivity contribution < 1.29 is 51.5 Å². The van der Waals surface area contributed by atoms with E-state index in [2.05, 4.69) is 30.1 Å². The third-order valence-electron chi connectivity index (χ3n) is 7.57. The Hall–Kier alpha value is -3.26. The Morgan fingerprint density at radius 2 is 1.84 bits per heavy atom. The molecule has 2 aliphatic rings. The molecule has 0 saturated carbocycles. The number of anilines is 1. The average molecular weight is 756 g/mol. The van der Waals surface area contributed by atoms with Crippen molar-refractivity contribution in [1.82, 2.24) is 15.2 Å². The highest BCUT2D eigenvalue weighted by molar-refractivity contribution is 7.86. The largest absolute Gasteiger partial charge is 0.541 e. The molecule has 4 atom stereocenters. The molecule has 0 spiro atoms. The van der Waals surface area contributed by atoms with Crippen LogP contribution < -0.4 is 10.6 Å². The van der Waals surface area contributed by atoms with Gasteiger partial charge in [-0.1, -0.05) is 25.9 Å². The second-order valence-electron chi connectivity index (χ2n) is 13.3. The second kappa shape index (κ2) is 15.7. The highest BCUT2D eigenvalue weighted by Crippen LogP contribution is 2.37. The lowest BCUT2D eigenvalue weighted by atomic mass is 10.0. The zero-order valence-corrected chi connectivity index (χ0v) is 31.5. The first-order valence-electron chi connectivity index (χ1n) is 14.6. The molecule has 1 aromatic rings. The molecule has 22 heteroatoms. The lowest BCUT2D eigenvalue weighted by Gasteiger charge is -2.49. The van der Waals surface area contributed by atoms with E-state index in [-0.39, 0.29) is 45.4 Å². The minimum atomic E-state index is -2.42. The Morgan fingerprint density at radius 1 is 1.18 bits per heavy atom. The molecule has 0 bridgehead atoms. The van der Waals surface area contributed by atoms with E-state index in [4.69, 9.17) is 41.7 Å². The van der Waals surface area contributed by atoms with Crippen molar-refractivity contribution in [1.29, 1.82) is 0 Å². The van der Waals surface area contributed by atoms with Gasteiger partial charge in [0, 0.05) is 11.3 Å². The van der Waals surface area contributed by atoms with Crippen LogP contribution in [0.3, 0.4) is 0 Å². The number of rotatable bonds is 12. The summed E-state index contributed by atoms with van der Waals surface area (Å²) in [4.78, 5) is 74.8. The number of hydrogen-bond donors (Lipinski definition) is 2. The van der Waals surface area contributed by atoms with Crippen molar-refractivity contribution in [2.45, 2.75) is 82.8 Å². The summed E-state index contributed by atoms with van der Waals surface area (Å²) in [6, 6.07) is -1.40. The standard InChI is InChI=1S/C27H36B2ClN5O11S2Si/c1-26(2,3)43-25(40)33-24-31-14(11-47-24)16(34-46-15(22(38)44-28)10-42-49(7,8)27(4,5)6)19(36)32-17-20(37)35-18(23(39)45-29)13(9-30)12-48(41)21(17)35/h11,15,17,21H,9-10,12H2,1-8H3,(H,32,36)(H,31,33,40)/b34-16-/t15-,17+,21+,48?/m0/s1. The zero-order chi connectivity index (χ0) is 37.1. The van der Waals surface area contributed by atoms with Gasteiger partial charge in [-0.2, -0.15) is 0 Å². The summed E-state index contributed by atoms with van der Waals surface area (Å²) in [5, 5.41) is 8.70. The summed E-state index contributed by atoms with van der Waals surface area (Å²) in [6.45, 7) is 14.5. The molecule has 49 heavy (non-hydrogen) atoms. The van der Waals surface area contributed by atoms with Crippen LogP contribution in [0, 0.1) is 0 Å². The van der Waals surface area contributed by atoms with Crippen LogP contribution in [0.1, 0.15) is 47.2 Å². The number of β-lactam (4-membered cyclic amide) rings is 1. The molecule has 0 aromatic carbocycles. The summed E-state index contributed by atoms with van der Waals surface area (Å²) in [5.41, 5.74) is -1.61. The predicted molar refractivity (Wildman–Crippen MR) is 184 cm³/mol. The second-order valence-corrected chi connectivity index (χ2v) is 20.7. The quantitative estimate of drug-likeness (QED) is 0.103. The van der Waals surface area contributed by atoms with Gasteiger partial charge in [0.05, 0.1) is 23.2 Å². The number of nitrogens with zero attached hydrogens (tertiary/aromatic N) is 3. The molecule has 0 aliphatic carbocycles. The van der Waals surface area contributed by atoms with Gasteiger partial charge < -0.3 is 28.6 Å². The lowest BCUT2D eigenvalue weighted by Crippen LogP contribution is -2.74. The van der Waals surface area contributed by atoms with Crippen LogP contribution in [0.4, 0.5) is 9.93 Å². The van der Waals surface area contributed by atoms with Gasteiger partial charge in [-0.3, -0.25) is 24.0 Å². The molecule has 3 rings (SSSR count). The fourth-order valence-electron chi connectivity index (χ4n) is 4.08. The Balaban J connectivity index is 1.95. The van der Waals surface area contributed by atoms with E-state index in [1.54, 1.807) is 20.8 Å². The van der Waals surface area contributed by atoms with Crippen LogP contribution in [0.25, 0.3) is 0 Å². The van der Waals surface area contributed by atoms with Gasteiger partial charge in [0.25, 0.3) is 11.8 Å². The molecule has 1 fully saturated rings. The Kier molecular flexibility index (Phi) is 12.9. The number of thiazole rings is 1. The molecule has 3 heterocycles. The van der Waals surface area contributed by atoms with Crippen molar-refractivity contribution in [3.63, 3.8) is 0 Å². The van der Waals surface area contributed by atoms with Gasteiger partial charge in [0.15, 0.2) is 19.2 Å². The maximum Gasteiger partial charge on any atom is 0.413 e. The first-order valence-corrected chi connectivity index (χ1v) is 20.3. The van der Waals surface area contributed by atoms with Crippen LogP contribution >= 0.6 is 22.9 Å². The molecule has 16 nitrogen and oxygen atoms in total. The van der Waals surface area contributed by atoms with Crippen molar-refractivity contribution in [2.75, 3.05) is 23.6 Å². The van der Waals surface area contributed by atoms with Gasteiger partial charge >= 0.3 is 34.1 Å². The number of amides is 3. The van der Waals surface area contributed by atoms with E-state index < -0.39 is 77.8 Å². The number of halogens is 1. The van der Waals surface area contributed by atoms with E-state index >= 15 is 0 Å². The first kappa shape index (κ1) is 40.2. The van der Waals surface area contributed by atoms with E-state index in [0.717, 1.165) is 16.2 Å². The zero-order valence-electron chi connectivity index (χ0n) is 28.1. The molecule has 1 saturated heterocycles. The number of fused-ring (bicyclic) bond motifs is 1. The number of nitrogens with one attached hydrogen (secondary N) is 2. The lowest BCUT2D eigenvalue weighted by molar-refractivity contribution is -0.150. The summed E-state index contributed by atoms with van der Waals surface area (Å²) < 4.78 is 33.1. The van der Waals surface area contributed by atoms with E-state index in [0.29, 0.717) is 0 Å². The smallest absolute Gasteiger partial charge is 0.413 e. The normalized spacial score (nSPS) is 20.4. The molecule has 1 unspecified atom stereocenters. The molecule has 2 N–H and O–H groups in total. The SMILES string of the molecule is [B]OC(=O)C1=C(CCl)CS(=O)[C@@H]2[C@H](NC(=O)/C(=N\O[C@@H](CO[Si](C)(C)C(C)(C)C)C(=O)O[B])c3csc(NC(=O)OC(C)(C)C)n3)C(=O)N12. The van der Waals surface area contributed by atoms with Crippen LogP contribution in [0.2, 0.25) is 18.1 Å². The minimum Gasteiger partial charge on any atom is -0.541 e. The van der Waals surface area contributed by atoms with Gasteiger partial charge in [0.2, 0.25) is 6.10 Å². The van der Waals surface area contributed by atoms with Gasteiger partial charge in [0.1, 0.15) is 28.4 Å². The molecule has 1 aromatic heterocycles. The van der Waals surface area contributed by atoms with Gasteiger partial charge in [-0.15, -0.1) is 22.9 Å². The number of hydrogen-bond acceptors (Lipinski definition) is 14. The third-order valence-corrected chi connectivity index (χ3v) is 14.8. The molecule has 264 valence electrons. The maximum absolute atomic E-state index is 13.7. The summed E-state index contributed by atoms with van der Waals surface area (Å²) in [6.07, 6.45) is -2.35. The minimum absolute atomic E-state index is 0.00638. The van der Waals surface area contributed by atoms with Gasteiger partial charge in [-0.25, -0.2) is 19.4 Å². The van der Waals surface area contributed by atoms with Crippen molar-refractivity contribution >= 4 is 98.8 Å². The average Bonchev–Trinajstić information content (AvgIpc) is 3.45. The third kappa shape index (κ3) is 9.50. The highest BCUT2D eigenvalue weighted by Gasteiger charge is 2.57. The van der Waals surface area contributed by atoms with E-state index in [1.807, 2.05) is 33.9 Å². The number of alkyl halides is 1. The molecule has 3 amide bonds. The van der Waals surface area contributed by atoms with Crippen molar-refractivity contribution in [3.05, 3.63) is 22.3 Å². The summed E-state index contributed by atoms with van der Waals surface area (Å²) in [5.74, 6) is -4.42. The van der Waals surface area contributed by atoms with Crippen LogP contribution in [0.15, 0.2) is 21.8 Å². The number of carbonyl (C=O) groups is 5. The molecular formula is C27H36B2ClN5O11S2Si. The Labute approximate surface area is 298 Å². The van der Waals surface area contributed by atoms with Crippen molar-refractivity contribution in [2.24, 2.45) is 5.16 Å². The number of ether oxygens (including phenoxy) is 1. The van der Waals surface area contributed by atoms with Crippen LogP contribution in [-0.4, -0.2) is 115 Å². The fourth-order valence-corrected chi connectivity index (χ4v) is 7.78. The molecule has 4 radical (unpaired) electrons. The summed E-state index contributed by atoms with van der Waals surface area (Å²) in [7, 11) is 5.95. The predicted octanol–water partition coefficient (Wildman–Crippen LogP) is 1.76.